The van der Waals surface area contributed by atoms with Crippen molar-refractivity contribution in [2.24, 2.45) is 0 Å². The molecular weight excluding hydrogens is 441 g/mol. The summed E-state index contributed by atoms with van der Waals surface area (Å²) in [7, 11) is 0. The van der Waals surface area contributed by atoms with Crippen LogP contribution in [0.4, 0.5) is 22.0 Å². The van der Waals surface area contributed by atoms with E-state index in [1.165, 1.54) is 6.07 Å². The van der Waals surface area contributed by atoms with E-state index in [1.54, 1.807) is 4.90 Å². The molecule has 2 aromatic carbocycles. The van der Waals surface area contributed by atoms with Crippen molar-refractivity contribution in [1.29, 1.82) is 0 Å². The molecular formula is C25H26F5NO2. The van der Waals surface area contributed by atoms with Crippen LogP contribution in [0.5, 0.6) is 11.5 Å². The van der Waals surface area contributed by atoms with E-state index in [0.717, 1.165) is 22.9 Å². The first kappa shape index (κ1) is 22.4. The van der Waals surface area contributed by atoms with Crippen molar-refractivity contribution >= 4 is 0 Å². The van der Waals surface area contributed by atoms with E-state index < -0.39 is 17.7 Å². The van der Waals surface area contributed by atoms with Crippen molar-refractivity contribution in [2.75, 3.05) is 19.7 Å². The topological polar surface area (TPSA) is 21.7 Å². The lowest BCUT2D eigenvalue weighted by Gasteiger charge is -2.33. The van der Waals surface area contributed by atoms with Gasteiger partial charge in [-0.05, 0) is 41.7 Å². The second kappa shape index (κ2) is 8.15. The predicted octanol–water partition coefficient (Wildman–Crippen LogP) is 6.50. The molecule has 0 N–H and O–H groups in total. The van der Waals surface area contributed by atoms with E-state index in [4.69, 9.17) is 9.47 Å². The molecule has 1 unspecified atom stereocenters. The van der Waals surface area contributed by atoms with Gasteiger partial charge in [0.15, 0.2) is 0 Å². The van der Waals surface area contributed by atoms with Gasteiger partial charge in [-0.2, -0.15) is 13.2 Å². The first-order chi connectivity index (χ1) is 15.6. The molecule has 2 heterocycles. The summed E-state index contributed by atoms with van der Waals surface area (Å²) in [4.78, 5) is 1.70. The third-order valence-electron chi connectivity index (χ3n) is 7.03. The van der Waals surface area contributed by atoms with Crippen molar-refractivity contribution in [3.63, 3.8) is 0 Å². The third-order valence-corrected chi connectivity index (χ3v) is 7.03. The van der Waals surface area contributed by atoms with Gasteiger partial charge in [0.2, 0.25) is 0 Å². The third kappa shape index (κ3) is 4.42. The molecule has 8 heteroatoms. The molecule has 2 aliphatic heterocycles. The maximum Gasteiger partial charge on any atom is 0.416 e. The number of hydrogen-bond donors (Lipinski definition) is 0. The van der Waals surface area contributed by atoms with Gasteiger partial charge in [-0.1, -0.05) is 19.1 Å². The van der Waals surface area contributed by atoms with Gasteiger partial charge < -0.3 is 9.47 Å². The number of ether oxygens (including phenoxy) is 2. The molecule has 5 rings (SSSR count). The molecule has 33 heavy (non-hydrogen) atoms. The monoisotopic (exact) mass is 467 g/mol. The molecule has 0 amide bonds. The minimum absolute atomic E-state index is 0.0192. The average molecular weight is 467 g/mol. The summed E-state index contributed by atoms with van der Waals surface area (Å²) >= 11 is 0. The zero-order valence-electron chi connectivity index (χ0n) is 18.4. The highest BCUT2D eigenvalue weighted by Gasteiger charge is 2.39. The molecule has 178 valence electrons. The number of likely N-dealkylation sites (tertiary alicyclic amines) is 1. The Morgan fingerprint density at radius 2 is 1.82 bits per heavy atom. The van der Waals surface area contributed by atoms with Crippen LogP contribution in [-0.2, 0) is 19.1 Å². The van der Waals surface area contributed by atoms with Gasteiger partial charge in [0.05, 0.1) is 12.2 Å². The van der Waals surface area contributed by atoms with Crippen LogP contribution in [0.2, 0.25) is 0 Å². The normalized spacial score (nSPS) is 24.3. The highest BCUT2D eigenvalue weighted by Crippen LogP contribution is 2.44. The van der Waals surface area contributed by atoms with Gasteiger partial charge in [-0.3, -0.25) is 4.90 Å². The molecule has 3 nitrogen and oxygen atoms in total. The number of benzene rings is 2. The maximum atomic E-state index is 13.8. The van der Waals surface area contributed by atoms with Crippen molar-refractivity contribution < 1.29 is 31.4 Å². The molecule has 0 saturated carbocycles. The number of piperidine rings is 1. The Labute approximate surface area is 189 Å². The summed E-state index contributed by atoms with van der Waals surface area (Å²) in [6.07, 6.45) is -4.49. The minimum atomic E-state index is -4.50. The molecule has 1 aliphatic carbocycles. The van der Waals surface area contributed by atoms with E-state index in [1.807, 2.05) is 18.2 Å². The summed E-state index contributed by atoms with van der Waals surface area (Å²) in [6, 6.07) is 8.32. The number of nitrogens with zero attached hydrogens (tertiary/aromatic N) is 1. The summed E-state index contributed by atoms with van der Waals surface area (Å²) in [6.45, 7) is 2.90. The van der Waals surface area contributed by atoms with Crippen molar-refractivity contribution in [2.45, 2.75) is 63.3 Å². The summed E-state index contributed by atoms with van der Waals surface area (Å²) < 4.78 is 80.4. The Morgan fingerprint density at radius 3 is 2.55 bits per heavy atom. The predicted molar refractivity (Wildman–Crippen MR) is 113 cm³/mol. The molecule has 0 bridgehead atoms. The Kier molecular flexibility index (Phi) is 5.54. The fourth-order valence-electron chi connectivity index (χ4n) is 5.16. The number of hydrogen-bond acceptors (Lipinski definition) is 3. The second-order valence-corrected chi connectivity index (χ2v) is 9.35. The van der Waals surface area contributed by atoms with E-state index >= 15 is 0 Å². The molecule has 2 atom stereocenters. The fourth-order valence-corrected chi connectivity index (χ4v) is 5.16. The largest absolute Gasteiger partial charge is 0.493 e. The summed E-state index contributed by atoms with van der Waals surface area (Å²) in [5, 5.41) is 0. The Hall–Kier alpha value is -2.35. The lowest BCUT2D eigenvalue weighted by atomic mass is 9.95. The first-order valence-electron chi connectivity index (χ1n) is 11.4. The van der Waals surface area contributed by atoms with Crippen molar-refractivity contribution in [3.05, 3.63) is 58.1 Å². The van der Waals surface area contributed by atoms with Crippen molar-refractivity contribution in [1.82, 2.24) is 4.90 Å². The van der Waals surface area contributed by atoms with Gasteiger partial charge in [-0.15, -0.1) is 0 Å². The van der Waals surface area contributed by atoms with E-state index in [9.17, 15) is 22.0 Å². The van der Waals surface area contributed by atoms with E-state index in [-0.39, 0.29) is 44.1 Å². The maximum absolute atomic E-state index is 13.8. The molecule has 2 aromatic rings. The van der Waals surface area contributed by atoms with Gasteiger partial charge >= 0.3 is 6.18 Å². The van der Waals surface area contributed by atoms with E-state index in [2.05, 4.69) is 6.92 Å². The van der Waals surface area contributed by atoms with Crippen LogP contribution in [-0.4, -0.2) is 30.5 Å². The number of rotatable bonds is 4. The molecule has 1 saturated heterocycles. The van der Waals surface area contributed by atoms with Gasteiger partial charge in [0.25, 0.3) is 5.92 Å². The molecule has 0 radical (unpaired) electrons. The zero-order valence-corrected chi connectivity index (χ0v) is 18.4. The SMILES string of the molecule is CC1COc2cc(O[C@@H]3CCc4c3ccc(C(F)(F)F)c4CN3CCC(F)(F)CC3)ccc21. The van der Waals surface area contributed by atoms with Crippen LogP contribution in [0.25, 0.3) is 0 Å². The highest BCUT2D eigenvalue weighted by molar-refractivity contribution is 5.48. The summed E-state index contributed by atoms with van der Waals surface area (Å²) in [5.74, 6) is -1.01. The smallest absolute Gasteiger partial charge is 0.416 e. The van der Waals surface area contributed by atoms with Gasteiger partial charge in [-0.25, -0.2) is 8.78 Å². The lowest BCUT2D eigenvalue weighted by Crippen LogP contribution is -2.39. The summed E-state index contributed by atoms with van der Waals surface area (Å²) in [5.41, 5.74) is 2.02. The highest BCUT2D eigenvalue weighted by atomic mass is 19.4. The Morgan fingerprint density at radius 1 is 1.09 bits per heavy atom. The number of alkyl halides is 5. The van der Waals surface area contributed by atoms with Crippen LogP contribution in [0.1, 0.15) is 66.0 Å². The van der Waals surface area contributed by atoms with Crippen molar-refractivity contribution in [3.8, 4) is 11.5 Å². The Balaban J connectivity index is 1.41. The van der Waals surface area contributed by atoms with Gasteiger partial charge in [0, 0.05) is 50.0 Å². The van der Waals surface area contributed by atoms with Crippen LogP contribution in [0.15, 0.2) is 30.3 Å². The van der Waals surface area contributed by atoms with Gasteiger partial charge in [0.1, 0.15) is 17.6 Å². The average Bonchev–Trinajstić information content (AvgIpc) is 3.33. The standard InChI is InChI=1S/C25H26F5NO2/c1-15-14-32-23-12-16(2-3-17(15)23)33-22-7-5-18-19(22)4-6-21(25(28,29)30)20(18)13-31-10-8-24(26,27)9-11-31/h2-4,6,12,15,22H,5,7-11,13-14H2,1H3/t15?,22-/m1/s1. The molecule has 0 spiro atoms. The molecule has 1 fully saturated rings. The number of fused-ring (bicyclic) bond motifs is 2. The quantitative estimate of drug-likeness (QED) is 0.479. The van der Waals surface area contributed by atoms with Crippen LogP contribution in [0, 0.1) is 0 Å². The second-order valence-electron chi connectivity index (χ2n) is 9.35. The molecule has 0 aromatic heterocycles. The number of halogens is 5. The first-order valence-corrected chi connectivity index (χ1v) is 11.4. The Bertz CT molecular complexity index is 1040. The minimum Gasteiger partial charge on any atom is -0.493 e. The lowest BCUT2D eigenvalue weighted by molar-refractivity contribution is -0.138. The zero-order chi connectivity index (χ0) is 23.4. The molecule has 3 aliphatic rings. The fraction of sp³-hybridized carbons (Fsp3) is 0.520. The van der Waals surface area contributed by atoms with Crippen LogP contribution >= 0.6 is 0 Å². The van der Waals surface area contributed by atoms with E-state index in [0.29, 0.717) is 36.7 Å². The van der Waals surface area contributed by atoms with Crippen LogP contribution < -0.4 is 9.47 Å². The van der Waals surface area contributed by atoms with Crippen LogP contribution in [0.3, 0.4) is 0 Å².